The molecule has 1 aliphatic carbocycles. The molecule has 0 radical (unpaired) electrons. The van der Waals surface area contributed by atoms with Crippen LogP contribution in [0.4, 0.5) is 0 Å². The minimum absolute atomic E-state index is 0.0863. The van der Waals surface area contributed by atoms with Crippen LogP contribution in [0.3, 0.4) is 0 Å². The lowest BCUT2D eigenvalue weighted by Gasteiger charge is -2.27. The number of nitrogens with one attached hydrogen (secondary N) is 1. The van der Waals surface area contributed by atoms with E-state index in [1.807, 2.05) is 18.2 Å². The first-order chi connectivity index (χ1) is 9.86. The summed E-state index contributed by atoms with van der Waals surface area (Å²) in [6.45, 7) is 0.151. The number of hydrogen-bond acceptors (Lipinski definition) is 3. The molecule has 2 aromatic rings. The molecule has 20 heavy (non-hydrogen) atoms. The summed E-state index contributed by atoms with van der Waals surface area (Å²) in [7, 11) is 0. The standard InChI is InChI=1S/C17H21NO2/c19-12-14(11-13-5-2-1-3-6-13)18-16-7-4-8-17-15(16)9-10-20-17/h1-3,5-6,9-10,14,16,18-19H,4,7-8,11-12H2/t14-,16?/m0/s1. The number of hydrogen-bond donors (Lipinski definition) is 2. The quantitative estimate of drug-likeness (QED) is 0.879. The molecular formula is C17H21NO2. The van der Waals surface area contributed by atoms with Gasteiger partial charge in [0.1, 0.15) is 5.76 Å². The molecule has 2 N–H and O–H groups in total. The van der Waals surface area contributed by atoms with Gasteiger partial charge < -0.3 is 14.8 Å². The van der Waals surface area contributed by atoms with Crippen LogP contribution in [0.5, 0.6) is 0 Å². The predicted octanol–water partition coefficient (Wildman–Crippen LogP) is 2.85. The van der Waals surface area contributed by atoms with Crippen LogP contribution in [0.2, 0.25) is 0 Å². The van der Waals surface area contributed by atoms with Gasteiger partial charge in [-0.3, -0.25) is 0 Å². The van der Waals surface area contributed by atoms with Gasteiger partial charge in [0.15, 0.2) is 0 Å². The van der Waals surface area contributed by atoms with Crippen molar-refractivity contribution in [1.29, 1.82) is 0 Å². The van der Waals surface area contributed by atoms with Gasteiger partial charge in [-0.2, -0.15) is 0 Å². The van der Waals surface area contributed by atoms with Crippen molar-refractivity contribution in [2.75, 3.05) is 6.61 Å². The van der Waals surface area contributed by atoms with Crippen molar-refractivity contribution >= 4 is 0 Å². The Labute approximate surface area is 119 Å². The van der Waals surface area contributed by atoms with Crippen LogP contribution in [0, 0.1) is 0 Å². The molecule has 0 aliphatic heterocycles. The molecule has 1 aliphatic rings. The molecule has 3 heteroatoms. The van der Waals surface area contributed by atoms with Crippen molar-refractivity contribution < 1.29 is 9.52 Å². The molecule has 3 nitrogen and oxygen atoms in total. The SMILES string of the molecule is OC[C@H](Cc1ccccc1)NC1CCCc2occc21. The molecule has 0 saturated carbocycles. The predicted molar refractivity (Wildman–Crippen MR) is 78.5 cm³/mol. The summed E-state index contributed by atoms with van der Waals surface area (Å²) >= 11 is 0. The molecule has 0 amide bonds. The molecule has 2 atom stereocenters. The van der Waals surface area contributed by atoms with Gasteiger partial charge in [-0.1, -0.05) is 30.3 Å². The minimum atomic E-state index is 0.0863. The maximum absolute atomic E-state index is 9.63. The monoisotopic (exact) mass is 271 g/mol. The summed E-state index contributed by atoms with van der Waals surface area (Å²) in [4.78, 5) is 0. The Bertz CT molecular complexity index is 535. The Morgan fingerprint density at radius 3 is 2.90 bits per heavy atom. The van der Waals surface area contributed by atoms with Crippen molar-refractivity contribution in [3.8, 4) is 0 Å². The van der Waals surface area contributed by atoms with Crippen molar-refractivity contribution in [2.45, 2.75) is 37.8 Å². The van der Waals surface area contributed by atoms with Gasteiger partial charge in [-0.25, -0.2) is 0 Å². The van der Waals surface area contributed by atoms with E-state index in [1.54, 1.807) is 6.26 Å². The number of benzene rings is 1. The first kappa shape index (κ1) is 13.4. The highest BCUT2D eigenvalue weighted by Gasteiger charge is 2.24. The zero-order valence-electron chi connectivity index (χ0n) is 11.6. The van der Waals surface area contributed by atoms with Crippen LogP contribution < -0.4 is 5.32 Å². The van der Waals surface area contributed by atoms with Gasteiger partial charge in [0, 0.05) is 24.1 Å². The highest BCUT2D eigenvalue weighted by molar-refractivity contribution is 5.24. The second-order valence-corrected chi connectivity index (χ2v) is 5.48. The molecule has 1 aromatic carbocycles. The van der Waals surface area contributed by atoms with Crippen LogP contribution in [0.15, 0.2) is 47.1 Å². The number of aliphatic hydroxyl groups excluding tert-OH is 1. The van der Waals surface area contributed by atoms with E-state index in [-0.39, 0.29) is 12.6 Å². The molecule has 0 spiro atoms. The lowest BCUT2D eigenvalue weighted by molar-refractivity contribution is 0.224. The van der Waals surface area contributed by atoms with E-state index in [9.17, 15) is 5.11 Å². The summed E-state index contributed by atoms with van der Waals surface area (Å²) in [5.41, 5.74) is 2.52. The van der Waals surface area contributed by atoms with E-state index >= 15 is 0 Å². The summed E-state index contributed by atoms with van der Waals surface area (Å²) in [6, 6.07) is 12.8. The lowest BCUT2D eigenvalue weighted by Crippen LogP contribution is -2.38. The maximum Gasteiger partial charge on any atom is 0.108 e. The third-order valence-electron chi connectivity index (χ3n) is 4.03. The smallest absolute Gasteiger partial charge is 0.108 e. The second kappa shape index (κ2) is 6.25. The zero-order valence-corrected chi connectivity index (χ0v) is 11.6. The Morgan fingerprint density at radius 2 is 2.10 bits per heavy atom. The second-order valence-electron chi connectivity index (χ2n) is 5.48. The summed E-state index contributed by atoms with van der Waals surface area (Å²) < 4.78 is 5.52. The van der Waals surface area contributed by atoms with E-state index in [4.69, 9.17) is 4.42 Å². The number of aryl methyl sites for hydroxylation is 1. The summed E-state index contributed by atoms with van der Waals surface area (Å²) in [5.74, 6) is 1.10. The van der Waals surface area contributed by atoms with E-state index in [0.717, 1.165) is 31.4 Å². The fourth-order valence-corrected chi connectivity index (χ4v) is 3.02. The van der Waals surface area contributed by atoms with E-state index < -0.39 is 0 Å². The van der Waals surface area contributed by atoms with Gasteiger partial charge in [-0.15, -0.1) is 0 Å². The van der Waals surface area contributed by atoms with Crippen molar-refractivity contribution in [2.24, 2.45) is 0 Å². The Morgan fingerprint density at radius 1 is 1.25 bits per heavy atom. The maximum atomic E-state index is 9.63. The van der Waals surface area contributed by atoms with Crippen molar-refractivity contribution in [3.05, 3.63) is 59.5 Å². The first-order valence-corrected chi connectivity index (χ1v) is 7.34. The third kappa shape index (κ3) is 2.94. The molecule has 106 valence electrons. The van der Waals surface area contributed by atoms with E-state index in [1.165, 1.54) is 11.1 Å². The largest absolute Gasteiger partial charge is 0.469 e. The Kier molecular flexibility index (Phi) is 4.19. The topological polar surface area (TPSA) is 45.4 Å². The van der Waals surface area contributed by atoms with Gasteiger partial charge >= 0.3 is 0 Å². The molecule has 0 fully saturated rings. The zero-order chi connectivity index (χ0) is 13.8. The van der Waals surface area contributed by atoms with Gasteiger partial charge in [0.25, 0.3) is 0 Å². The van der Waals surface area contributed by atoms with Crippen LogP contribution in [-0.4, -0.2) is 17.8 Å². The first-order valence-electron chi connectivity index (χ1n) is 7.34. The molecule has 3 rings (SSSR count). The number of fused-ring (bicyclic) bond motifs is 1. The van der Waals surface area contributed by atoms with Gasteiger partial charge in [0.2, 0.25) is 0 Å². The van der Waals surface area contributed by atoms with Crippen LogP contribution in [0.1, 0.15) is 35.8 Å². The average Bonchev–Trinajstić information content (AvgIpc) is 2.97. The highest BCUT2D eigenvalue weighted by atomic mass is 16.3. The van der Waals surface area contributed by atoms with E-state index in [2.05, 4.69) is 23.5 Å². The summed E-state index contributed by atoms with van der Waals surface area (Å²) in [6.07, 6.45) is 5.90. The molecule has 0 bridgehead atoms. The Hall–Kier alpha value is -1.58. The fourth-order valence-electron chi connectivity index (χ4n) is 3.02. The van der Waals surface area contributed by atoms with E-state index in [0.29, 0.717) is 6.04 Å². The van der Waals surface area contributed by atoms with Crippen molar-refractivity contribution in [3.63, 3.8) is 0 Å². The molecule has 1 unspecified atom stereocenters. The van der Waals surface area contributed by atoms with Crippen LogP contribution in [-0.2, 0) is 12.8 Å². The summed E-state index contributed by atoms with van der Waals surface area (Å²) in [5, 5.41) is 13.2. The van der Waals surface area contributed by atoms with Gasteiger partial charge in [0.05, 0.1) is 12.9 Å². The molecular weight excluding hydrogens is 250 g/mol. The molecule has 1 aromatic heterocycles. The molecule has 1 heterocycles. The van der Waals surface area contributed by atoms with Crippen LogP contribution >= 0.6 is 0 Å². The molecule has 0 saturated heterocycles. The number of furan rings is 1. The third-order valence-corrected chi connectivity index (χ3v) is 4.03. The van der Waals surface area contributed by atoms with Crippen LogP contribution in [0.25, 0.3) is 0 Å². The number of rotatable bonds is 5. The average molecular weight is 271 g/mol. The normalized spacial score (nSPS) is 19.6. The number of aliphatic hydroxyl groups is 1. The Balaban J connectivity index is 1.67. The van der Waals surface area contributed by atoms with Crippen molar-refractivity contribution in [1.82, 2.24) is 5.32 Å². The fraction of sp³-hybridized carbons (Fsp3) is 0.412. The minimum Gasteiger partial charge on any atom is -0.469 e. The van der Waals surface area contributed by atoms with Gasteiger partial charge in [-0.05, 0) is 30.9 Å². The highest BCUT2D eigenvalue weighted by Crippen LogP contribution is 2.30. The lowest BCUT2D eigenvalue weighted by atomic mass is 9.92.